The summed E-state index contributed by atoms with van der Waals surface area (Å²) in [6.45, 7) is 2.40. The lowest BCUT2D eigenvalue weighted by atomic mass is 9.95. The molecule has 1 aliphatic rings. The number of hydrogen-bond donors (Lipinski definition) is 1. The topological polar surface area (TPSA) is 89.0 Å². The number of halogens is 2. The third kappa shape index (κ3) is 4.52. The van der Waals surface area contributed by atoms with Gasteiger partial charge in [-0.3, -0.25) is 14.5 Å². The van der Waals surface area contributed by atoms with Gasteiger partial charge in [0.05, 0.1) is 45.6 Å². The van der Waals surface area contributed by atoms with Crippen LogP contribution in [0.2, 0.25) is 10.0 Å². The number of benzene rings is 3. The molecule has 0 saturated carbocycles. The standard InChI is InChI=1S/C27H20Cl2N2O5S/c1-3-36-17-8-10-20-21(13-17)37-27(30-20)31-23(14-7-9-18(28)19(29)12-14)22(25(33)26(31)34)24(32)15-5-4-6-16(11-15)35-2/h4-13,23,32H,3H2,1-2H3/b24-22+. The number of aliphatic hydroxyl groups excluding tert-OH is 1. The van der Waals surface area contributed by atoms with Gasteiger partial charge in [0.1, 0.15) is 17.3 Å². The zero-order valence-electron chi connectivity index (χ0n) is 19.7. The fourth-order valence-corrected chi connectivity index (χ4v) is 5.53. The Hall–Kier alpha value is -3.59. The van der Waals surface area contributed by atoms with Gasteiger partial charge in [0, 0.05) is 5.56 Å². The number of rotatable bonds is 6. The molecule has 3 aromatic carbocycles. The average Bonchev–Trinajstić information content (AvgIpc) is 3.43. The molecule has 7 nitrogen and oxygen atoms in total. The number of ether oxygens (including phenoxy) is 2. The molecule has 2 heterocycles. The molecule has 10 heteroatoms. The van der Waals surface area contributed by atoms with Crippen LogP contribution < -0.4 is 14.4 Å². The van der Waals surface area contributed by atoms with Gasteiger partial charge in [0.15, 0.2) is 5.13 Å². The predicted octanol–water partition coefficient (Wildman–Crippen LogP) is 6.64. The van der Waals surface area contributed by atoms with Crippen molar-refractivity contribution in [3.63, 3.8) is 0 Å². The number of methoxy groups -OCH3 is 1. The van der Waals surface area contributed by atoms with Crippen molar-refractivity contribution in [2.75, 3.05) is 18.6 Å². The number of hydrogen-bond acceptors (Lipinski definition) is 7. The monoisotopic (exact) mass is 554 g/mol. The van der Waals surface area contributed by atoms with E-state index in [1.807, 2.05) is 13.0 Å². The number of carbonyl (C=O) groups is 2. The van der Waals surface area contributed by atoms with E-state index in [4.69, 9.17) is 32.7 Å². The predicted molar refractivity (Wildman–Crippen MR) is 145 cm³/mol. The number of nitrogens with zero attached hydrogens (tertiary/aromatic N) is 2. The van der Waals surface area contributed by atoms with E-state index in [1.54, 1.807) is 54.6 Å². The lowest BCUT2D eigenvalue weighted by Gasteiger charge is -2.23. The first-order chi connectivity index (χ1) is 17.8. The van der Waals surface area contributed by atoms with Gasteiger partial charge in [0.25, 0.3) is 5.78 Å². The van der Waals surface area contributed by atoms with Crippen LogP contribution in [0.3, 0.4) is 0 Å². The molecule has 4 aromatic rings. The molecule has 0 aliphatic carbocycles. The molecule has 1 aromatic heterocycles. The molecule has 1 aliphatic heterocycles. The van der Waals surface area contributed by atoms with Crippen LogP contribution in [0.15, 0.2) is 66.2 Å². The van der Waals surface area contributed by atoms with Gasteiger partial charge in [0.2, 0.25) is 0 Å². The quantitative estimate of drug-likeness (QED) is 0.163. The number of carbonyl (C=O) groups excluding carboxylic acids is 2. The highest BCUT2D eigenvalue weighted by atomic mass is 35.5. The second-order valence-electron chi connectivity index (χ2n) is 8.13. The summed E-state index contributed by atoms with van der Waals surface area (Å²) in [7, 11) is 1.50. The van der Waals surface area contributed by atoms with Crippen LogP contribution in [-0.4, -0.2) is 35.5 Å². The normalized spacial score (nSPS) is 17.0. The minimum atomic E-state index is -0.993. The van der Waals surface area contributed by atoms with E-state index in [2.05, 4.69) is 4.98 Å². The number of Topliss-reactive ketones (excluding diaryl/α,β-unsaturated/α-hetero) is 1. The Kier molecular flexibility index (Phi) is 6.81. The lowest BCUT2D eigenvalue weighted by molar-refractivity contribution is -0.132. The van der Waals surface area contributed by atoms with Crippen LogP contribution in [0.1, 0.15) is 24.1 Å². The molecule has 1 amide bonds. The van der Waals surface area contributed by atoms with Gasteiger partial charge in [-0.05, 0) is 55.0 Å². The Morgan fingerprint density at radius 1 is 1.05 bits per heavy atom. The van der Waals surface area contributed by atoms with Crippen molar-refractivity contribution in [3.8, 4) is 11.5 Å². The van der Waals surface area contributed by atoms with E-state index in [0.29, 0.717) is 44.9 Å². The molecule has 1 fully saturated rings. The molecular weight excluding hydrogens is 535 g/mol. The zero-order valence-corrected chi connectivity index (χ0v) is 22.0. The van der Waals surface area contributed by atoms with E-state index < -0.39 is 17.7 Å². The second-order valence-corrected chi connectivity index (χ2v) is 9.96. The highest BCUT2D eigenvalue weighted by Crippen LogP contribution is 2.45. The maximum Gasteiger partial charge on any atom is 0.301 e. The maximum absolute atomic E-state index is 13.4. The first kappa shape index (κ1) is 25.1. The summed E-state index contributed by atoms with van der Waals surface area (Å²) in [6, 6.07) is 15.9. The Morgan fingerprint density at radius 2 is 1.86 bits per heavy atom. The number of fused-ring (bicyclic) bond motifs is 1. The Labute approximate surface area is 226 Å². The summed E-state index contributed by atoms with van der Waals surface area (Å²) in [4.78, 5) is 32.8. The van der Waals surface area contributed by atoms with Crippen LogP contribution in [0.5, 0.6) is 11.5 Å². The smallest absolute Gasteiger partial charge is 0.301 e. The average molecular weight is 555 g/mol. The molecule has 1 N–H and O–H groups in total. The summed E-state index contributed by atoms with van der Waals surface area (Å²) >= 11 is 13.7. The molecule has 37 heavy (non-hydrogen) atoms. The zero-order chi connectivity index (χ0) is 26.3. The van der Waals surface area contributed by atoms with Gasteiger partial charge in [-0.25, -0.2) is 4.98 Å². The summed E-state index contributed by atoms with van der Waals surface area (Å²) in [5.41, 5.74) is 1.37. The van der Waals surface area contributed by atoms with E-state index in [9.17, 15) is 14.7 Å². The SMILES string of the molecule is CCOc1ccc2nc(N3C(=O)C(=O)/C(=C(/O)c4cccc(OC)c4)C3c3ccc(Cl)c(Cl)c3)sc2c1. The Morgan fingerprint density at radius 3 is 2.59 bits per heavy atom. The summed E-state index contributed by atoms with van der Waals surface area (Å²) in [5.74, 6) is -0.835. The number of thiazole rings is 1. The third-order valence-corrected chi connectivity index (χ3v) is 7.67. The van der Waals surface area contributed by atoms with Gasteiger partial charge in [-0.1, -0.05) is 52.7 Å². The summed E-state index contributed by atoms with van der Waals surface area (Å²) in [6.07, 6.45) is 0. The number of aliphatic hydroxyl groups is 1. The fourth-order valence-electron chi connectivity index (χ4n) is 4.21. The fraction of sp³-hybridized carbons (Fsp3) is 0.148. The minimum absolute atomic E-state index is 0.0918. The number of ketones is 1. The second kappa shape index (κ2) is 10.0. The highest BCUT2D eigenvalue weighted by Gasteiger charge is 2.48. The molecule has 5 rings (SSSR count). The van der Waals surface area contributed by atoms with E-state index >= 15 is 0 Å². The molecule has 1 saturated heterocycles. The van der Waals surface area contributed by atoms with Crippen molar-refractivity contribution in [1.29, 1.82) is 0 Å². The lowest BCUT2D eigenvalue weighted by Crippen LogP contribution is -2.29. The molecule has 188 valence electrons. The van der Waals surface area contributed by atoms with Crippen molar-refractivity contribution >= 4 is 67.3 Å². The number of amides is 1. The van der Waals surface area contributed by atoms with Gasteiger partial charge < -0.3 is 14.6 Å². The van der Waals surface area contributed by atoms with Crippen LogP contribution in [0.25, 0.3) is 16.0 Å². The van der Waals surface area contributed by atoms with Crippen molar-refractivity contribution in [2.24, 2.45) is 0 Å². The van der Waals surface area contributed by atoms with Gasteiger partial charge >= 0.3 is 5.91 Å². The van der Waals surface area contributed by atoms with Gasteiger partial charge in [-0.2, -0.15) is 0 Å². The molecule has 0 radical (unpaired) electrons. The molecule has 1 unspecified atom stereocenters. The molecule has 0 spiro atoms. The largest absolute Gasteiger partial charge is 0.507 e. The first-order valence-electron chi connectivity index (χ1n) is 11.3. The Balaban J connectivity index is 1.71. The van der Waals surface area contributed by atoms with Crippen LogP contribution in [0.4, 0.5) is 5.13 Å². The van der Waals surface area contributed by atoms with Crippen molar-refractivity contribution < 1.29 is 24.2 Å². The highest BCUT2D eigenvalue weighted by molar-refractivity contribution is 7.22. The van der Waals surface area contributed by atoms with Crippen LogP contribution in [-0.2, 0) is 9.59 Å². The van der Waals surface area contributed by atoms with Crippen LogP contribution >= 0.6 is 34.5 Å². The Bertz CT molecular complexity index is 1580. The molecule has 1 atom stereocenters. The van der Waals surface area contributed by atoms with Crippen molar-refractivity contribution in [2.45, 2.75) is 13.0 Å². The third-order valence-electron chi connectivity index (χ3n) is 5.91. The minimum Gasteiger partial charge on any atom is -0.507 e. The van der Waals surface area contributed by atoms with Gasteiger partial charge in [-0.15, -0.1) is 0 Å². The van der Waals surface area contributed by atoms with Crippen LogP contribution in [0, 0.1) is 0 Å². The van der Waals surface area contributed by atoms with E-state index in [0.717, 1.165) is 4.70 Å². The molecular formula is C27H20Cl2N2O5S. The first-order valence-corrected chi connectivity index (χ1v) is 12.8. The molecule has 0 bridgehead atoms. The number of anilines is 1. The van der Waals surface area contributed by atoms with E-state index in [1.165, 1.54) is 23.3 Å². The summed E-state index contributed by atoms with van der Waals surface area (Å²) in [5, 5.41) is 12.2. The van der Waals surface area contributed by atoms with Crippen molar-refractivity contribution in [1.82, 2.24) is 4.98 Å². The van der Waals surface area contributed by atoms with E-state index in [-0.39, 0.29) is 16.4 Å². The maximum atomic E-state index is 13.4. The number of aromatic nitrogens is 1. The van der Waals surface area contributed by atoms with Crippen molar-refractivity contribution in [3.05, 3.63) is 87.4 Å². The summed E-state index contributed by atoms with van der Waals surface area (Å²) < 4.78 is 11.6.